The first-order chi connectivity index (χ1) is 14.6. The summed E-state index contributed by atoms with van der Waals surface area (Å²) in [6, 6.07) is 2.62. The molecule has 0 radical (unpaired) electrons. The molecular weight excluding hydrogens is 423 g/mol. The van der Waals surface area contributed by atoms with Gasteiger partial charge in [-0.1, -0.05) is 23.2 Å². The first-order valence-corrected chi connectivity index (χ1v) is 11.4. The number of halogens is 2. The van der Waals surface area contributed by atoms with Gasteiger partial charge in [0.25, 0.3) is 0 Å². The molecule has 1 saturated carbocycles. The number of hydrogen-bond donors (Lipinski definition) is 3. The maximum absolute atomic E-state index is 6.44. The second-order valence-electron chi connectivity index (χ2n) is 8.14. The van der Waals surface area contributed by atoms with Crippen LogP contribution in [0.15, 0.2) is 18.5 Å². The van der Waals surface area contributed by atoms with Gasteiger partial charge in [-0.3, -0.25) is 0 Å². The van der Waals surface area contributed by atoms with Gasteiger partial charge in [0.15, 0.2) is 11.0 Å². The number of rotatable bonds is 6. The monoisotopic (exact) mass is 450 g/mol. The van der Waals surface area contributed by atoms with Gasteiger partial charge >= 0.3 is 0 Å². The van der Waals surface area contributed by atoms with Crippen molar-refractivity contribution in [1.29, 1.82) is 0 Å². The van der Waals surface area contributed by atoms with Crippen LogP contribution in [0.2, 0.25) is 10.2 Å². The van der Waals surface area contributed by atoms with Crippen LogP contribution in [0.3, 0.4) is 0 Å². The highest BCUT2D eigenvalue weighted by Crippen LogP contribution is 2.31. The van der Waals surface area contributed by atoms with Crippen molar-refractivity contribution in [3.05, 3.63) is 28.6 Å². The van der Waals surface area contributed by atoms with E-state index in [1.54, 1.807) is 12.4 Å². The number of ether oxygens (including phenoxy) is 1. The van der Waals surface area contributed by atoms with Crippen LogP contribution < -0.4 is 16.4 Å². The Morgan fingerprint density at radius 3 is 2.57 bits per heavy atom. The average molecular weight is 451 g/mol. The Balaban J connectivity index is 1.48. The van der Waals surface area contributed by atoms with Crippen molar-refractivity contribution < 1.29 is 4.74 Å². The van der Waals surface area contributed by atoms with Gasteiger partial charge in [-0.05, 0) is 50.5 Å². The Kier molecular flexibility index (Phi) is 7.25. The molecule has 7 nitrogen and oxygen atoms in total. The number of anilines is 2. The molecule has 2 aliphatic rings. The van der Waals surface area contributed by atoms with Crippen molar-refractivity contribution in [3.63, 3.8) is 0 Å². The lowest BCUT2D eigenvalue weighted by Gasteiger charge is -2.27. The Bertz CT molecular complexity index is 853. The molecule has 4 rings (SSSR count). The fourth-order valence-corrected chi connectivity index (χ4v) is 4.35. The highest BCUT2D eigenvalue weighted by Gasteiger charge is 2.20. The molecule has 9 heteroatoms. The van der Waals surface area contributed by atoms with Crippen LogP contribution in [0.5, 0.6) is 0 Å². The maximum atomic E-state index is 6.44. The second-order valence-corrected chi connectivity index (χ2v) is 8.90. The lowest BCUT2D eigenvalue weighted by molar-refractivity contribution is 0.0699. The number of nitrogens with zero attached hydrogens (tertiary/aromatic N) is 3. The highest BCUT2D eigenvalue weighted by atomic mass is 35.5. The molecule has 162 valence electrons. The van der Waals surface area contributed by atoms with Crippen LogP contribution in [0.25, 0.3) is 11.3 Å². The quantitative estimate of drug-likeness (QED) is 0.600. The Morgan fingerprint density at radius 1 is 1.03 bits per heavy atom. The molecule has 1 aliphatic carbocycles. The van der Waals surface area contributed by atoms with Gasteiger partial charge in [0.05, 0.1) is 16.9 Å². The van der Waals surface area contributed by atoms with Gasteiger partial charge < -0.3 is 21.1 Å². The summed E-state index contributed by atoms with van der Waals surface area (Å²) in [4.78, 5) is 13.4. The van der Waals surface area contributed by atoms with Crippen LogP contribution in [-0.2, 0) is 4.74 Å². The fourth-order valence-electron chi connectivity index (χ4n) is 3.99. The van der Waals surface area contributed by atoms with E-state index in [0.29, 0.717) is 39.7 Å². The van der Waals surface area contributed by atoms with E-state index in [-0.39, 0.29) is 0 Å². The first-order valence-electron chi connectivity index (χ1n) is 10.6. The summed E-state index contributed by atoms with van der Waals surface area (Å²) in [7, 11) is 0. The van der Waals surface area contributed by atoms with E-state index < -0.39 is 0 Å². The van der Waals surface area contributed by atoms with Gasteiger partial charge in [0, 0.05) is 43.6 Å². The lowest BCUT2D eigenvalue weighted by Crippen LogP contribution is -2.33. The maximum Gasteiger partial charge on any atom is 0.171 e. The van der Waals surface area contributed by atoms with Crippen LogP contribution in [0.4, 0.5) is 11.6 Å². The van der Waals surface area contributed by atoms with E-state index >= 15 is 0 Å². The molecule has 0 unspecified atom stereocenters. The second kappa shape index (κ2) is 10.1. The number of pyridine rings is 1. The minimum Gasteiger partial charge on any atom is -0.381 e. The van der Waals surface area contributed by atoms with Crippen molar-refractivity contribution in [2.75, 3.05) is 30.4 Å². The molecule has 0 aromatic carbocycles. The summed E-state index contributed by atoms with van der Waals surface area (Å²) in [5, 5.41) is 7.74. The fraction of sp³-hybridized carbons (Fsp3) is 0.571. The third kappa shape index (κ3) is 5.52. The molecule has 0 amide bonds. The minimum absolute atomic E-state index is 0.313. The van der Waals surface area contributed by atoms with E-state index in [4.69, 9.17) is 38.7 Å². The number of nitrogens with two attached hydrogens (primary N) is 1. The van der Waals surface area contributed by atoms with Crippen LogP contribution in [0, 0.1) is 5.92 Å². The molecule has 1 aliphatic heterocycles. The van der Waals surface area contributed by atoms with Crippen molar-refractivity contribution in [2.45, 2.75) is 50.6 Å². The molecule has 0 spiro atoms. The van der Waals surface area contributed by atoms with Gasteiger partial charge in [0.1, 0.15) is 5.82 Å². The predicted molar refractivity (Wildman–Crippen MR) is 121 cm³/mol. The standard InChI is InChI=1S/C21H28Cl2N6O/c22-17-11-25-19(28-15-3-1-14(24)2-4-15)9-16(17)18-12-26-20(23)21(29-18)27-10-13-5-7-30-8-6-13/h9,11-15H,1-8,10,24H2,(H,25,28)(H,27,29)/t14-,15-. The van der Waals surface area contributed by atoms with E-state index in [1.165, 1.54) is 0 Å². The van der Waals surface area contributed by atoms with Gasteiger partial charge in [0.2, 0.25) is 0 Å². The van der Waals surface area contributed by atoms with Crippen molar-refractivity contribution in [2.24, 2.45) is 11.7 Å². The number of aromatic nitrogens is 3. The summed E-state index contributed by atoms with van der Waals surface area (Å²) in [5.74, 6) is 1.90. The molecule has 2 fully saturated rings. The molecule has 1 saturated heterocycles. The van der Waals surface area contributed by atoms with Crippen molar-refractivity contribution in [1.82, 2.24) is 15.0 Å². The number of nitrogens with one attached hydrogen (secondary N) is 2. The number of hydrogen-bond acceptors (Lipinski definition) is 7. The third-order valence-electron chi connectivity index (χ3n) is 5.88. The highest BCUT2D eigenvalue weighted by molar-refractivity contribution is 6.33. The lowest BCUT2D eigenvalue weighted by atomic mass is 9.92. The topological polar surface area (TPSA) is 98.0 Å². The molecule has 0 bridgehead atoms. The summed E-state index contributed by atoms with van der Waals surface area (Å²) in [6.45, 7) is 2.41. The minimum atomic E-state index is 0.313. The van der Waals surface area contributed by atoms with Crippen LogP contribution in [-0.4, -0.2) is 46.8 Å². The normalized spacial score (nSPS) is 22.6. The van der Waals surface area contributed by atoms with Gasteiger partial charge in [-0.15, -0.1) is 0 Å². The van der Waals surface area contributed by atoms with Gasteiger partial charge in [-0.2, -0.15) is 0 Å². The van der Waals surface area contributed by atoms with Crippen molar-refractivity contribution in [3.8, 4) is 11.3 Å². The Labute approximate surface area is 187 Å². The third-order valence-corrected chi connectivity index (χ3v) is 6.46. The van der Waals surface area contributed by atoms with Crippen molar-refractivity contribution >= 4 is 34.8 Å². The summed E-state index contributed by atoms with van der Waals surface area (Å²) in [6.07, 6.45) is 9.52. The van der Waals surface area contributed by atoms with Crippen LogP contribution >= 0.6 is 23.2 Å². The van der Waals surface area contributed by atoms with Gasteiger partial charge in [-0.25, -0.2) is 15.0 Å². The zero-order valence-electron chi connectivity index (χ0n) is 16.9. The average Bonchev–Trinajstić information content (AvgIpc) is 2.77. The Hall–Kier alpha value is -1.67. The molecular formula is C21H28Cl2N6O. The molecule has 3 heterocycles. The zero-order valence-corrected chi connectivity index (χ0v) is 18.4. The Morgan fingerprint density at radius 2 is 1.80 bits per heavy atom. The largest absolute Gasteiger partial charge is 0.381 e. The smallest absolute Gasteiger partial charge is 0.171 e. The summed E-state index contributed by atoms with van der Waals surface area (Å²) >= 11 is 12.7. The predicted octanol–water partition coefficient (Wildman–Crippen LogP) is 4.37. The summed E-state index contributed by atoms with van der Waals surface area (Å²) in [5.41, 5.74) is 7.45. The molecule has 30 heavy (non-hydrogen) atoms. The van der Waals surface area contributed by atoms with Crippen LogP contribution in [0.1, 0.15) is 38.5 Å². The van der Waals surface area contributed by atoms with E-state index in [1.807, 2.05) is 6.07 Å². The van der Waals surface area contributed by atoms with E-state index in [0.717, 1.165) is 69.7 Å². The van der Waals surface area contributed by atoms with E-state index in [2.05, 4.69) is 20.6 Å². The first kappa shape index (κ1) is 21.6. The molecule has 2 aromatic rings. The molecule has 2 aromatic heterocycles. The van der Waals surface area contributed by atoms with E-state index in [9.17, 15) is 0 Å². The molecule has 4 N–H and O–H groups in total. The molecule has 0 atom stereocenters. The zero-order chi connectivity index (χ0) is 20.9. The summed E-state index contributed by atoms with van der Waals surface area (Å²) < 4.78 is 5.42. The SMILES string of the molecule is N[C@H]1CC[C@H](Nc2cc(-c3cnc(Cl)c(NCC4CCOCC4)n3)c(Cl)cn2)CC1.